The molecule has 13 heavy (non-hydrogen) atoms. The maximum atomic E-state index is 3.42. The average Bonchev–Trinajstić information content (AvgIpc) is 2.60. The van der Waals surface area contributed by atoms with Crippen LogP contribution in [0.4, 0.5) is 0 Å². The van der Waals surface area contributed by atoms with E-state index in [0.717, 1.165) is 5.92 Å². The third kappa shape index (κ3) is 1.42. The van der Waals surface area contributed by atoms with Gasteiger partial charge in [0.25, 0.3) is 0 Å². The van der Waals surface area contributed by atoms with Crippen molar-refractivity contribution in [3.05, 3.63) is 21.4 Å². The second kappa shape index (κ2) is 3.43. The highest BCUT2D eigenvalue weighted by atomic mass is 32.1. The third-order valence-corrected chi connectivity index (χ3v) is 4.35. The van der Waals surface area contributed by atoms with E-state index in [1.165, 1.54) is 17.7 Å². The normalized spacial score (nSPS) is 26.4. The Hall–Kier alpha value is -0.340. The summed E-state index contributed by atoms with van der Waals surface area (Å²) >= 11 is 2.00. The molecule has 2 atom stereocenters. The summed E-state index contributed by atoms with van der Waals surface area (Å²) in [6.07, 6.45) is 2.44. The molecule has 2 heteroatoms. The lowest BCUT2D eigenvalue weighted by atomic mass is 10.1. The molecular formula is C11H17NS. The summed E-state index contributed by atoms with van der Waals surface area (Å²) in [6, 6.07) is 3.01. The lowest BCUT2D eigenvalue weighted by molar-refractivity contribution is 0.450. The van der Waals surface area contributed by atoms with E-state index in [4.69, 9.17) is 0 Å². The summed E-state index contributed by atoms with van der Waals surface area (Å²) in [5.41, 5.74) is 1.59. The first-order valence-electron chi connectivity index (χ1n) is 5.05. The maximum Gasteiger partial charge on any atom is 0.0444 e. The number of nitrogens with one attached hydrogen (secondary N) is 1. The van der Waals surface area contributed by atoms with Gasteiger partial charge in [0.15, 0.2) is 0 Å². The van der Waals surface area contributed by atoms with Crippen LogP contribution in [0.2, 0.25) is 0 Å². The van der Waals surface area contributed by atoms with Crippen LogP contribution in [-0.4, -0.2) is 7.05 Å². The van der Waals surface area contributed by atoms with Gasteiger partial charge < -0.3 is 5.32 Å². The summed E-state index contributed by atoms with van der Waals surface area (Å²) in [4.78, 5) is 3.13. The van der Waals surface area contributed by atoms with E-state index < -0.39 is 0 Å². The second-order valence-electron chi connectivity index (χ2n) is 3.90. The summed E-state index contributed by atoms with van der Waals surface area (Å²) in [5, 5.41) is 3.42. The van der Waals surface area contributed by atoms with Crippen molar-refractivity contribution < 1.29 is 0 Å². The summed E-state index contributed by atoms with van der Waals surface area (Å²) in [6.45, 7) is 4.57. The Balaban J connectivity index is 2.33. The number of aryl methyl sites for hydroxylation is 1. The molecule has 0 radical (unpaired) electrons. The topological polar surface area (TPSA) is 12.0 Å². The maximum absolute atomic E-state index is 3.42. The van der Waals surface area contributed by atoms with Crippen LogP contribution in [0, 0.1) is 5.92 Å². The number of hydrogen-bond acceptors (Lipinski definition) is 2. The highest BCUT2D eigenvalue weighted by Crippen LogP contribution is 2.41. The second-order valence-corrected chi connectivity index (χ2v) is 5.07. The van der Waals surface area contributed by atoms with E-state index in [9.17, 15) is 0 Å². The minimum absolute atomic E-state index is 0.611. The Bertz CT molecular complexity index is 303. The van der Waals surface area contributed by atoms with E-state index in [-0.39, 0.29) is 0 Å². The Morgan fingerprint density at radius 1 is 1.62 bits per heavy atom. The van der Waals surface area contributed by atoms with E-state index in [2.05, 4.69) is 32.3 Å². The highest BCUT2D eigenvalue weighted by molar-refractivity contribution is 7.12. The van der Waals surface area contributed by atoms with Gasteiger partial charge in [0, 0.05) is 15.8 Å². The quantitative estimate of drug-likeness (QED) is 0.765. The SMILES string of the molecule is CCc1cc2c(s1)C(NC)C(C)C2. The average molecular weight is 195 g/mol. The smallest absolute Gasteiger partial charge is 0.0444 e. The Morgan fingerprint density at radius 2 is 2.38 bits per heavy atom. The van der Waals surface area contributed by atoms with Crippen LogP contribution in [0.5, 0.6) is 0 Å². The number of rotatable bonds is 2. The van der Waals surface area contributed by atoms with Gasteiger partial charge in [0.2, 0.25) is 0 Å². The molecule has 1 aromatic heterocycles. The standard InChI is InChI=1S/C11H17NS/c1-4-9-6-8-5-7(2)10(12-3)11(8)13-9/h6-7,10,12H,4-5H2,1-3H3. The first-order valence-corrected chi connectivity index (χ1v) is 5.86. The molecule has 2 rings (SSSR count). The van der Waals surface area contributed by atoms with Gasteiger partial charge in [0.1, 0.15) is 0 Å². The molecule has 0 aromatic carbocycles. The van der Waals surface area contributed by atoms with Gasteiger partial charge in [-0.15, -0.1) is 11.3 Å². The van der Waals surface area contributed by atoms with E-state index >= 15 is 0 Å². The molecule has 1 aliphatic carbocycles. The third-order valence-electron chi connectivity index (χ3n) is 2.95. The van der Waals surface area contributed by atoms with Gasteiger partial charge in [-0.25, -0.2) is 0 Å². The van der Waals surface area contributed by atoms with Crippen LogP contribution in [0.3, 0.4) is 0 Å². The van der Waals surface area contributed by atoms with Crippen molar-refractivity contribution in [2.24, 2.45) is 5.92 Å². The van der Waals surface area contributed by atoms with Crippen LogP contribution in [-0.2, 0) is 12.8 Å². The largest absolute Gasteiger partial charge is 0.312 e. The van der Waals surface area contributed by atoms with Crippen LogP contribution >= 0.6 is 11.3 Å². The highest BCUT2D eigenvalue weighted by Gasteiger charge is 2.29. The number of hydrogen-bond donors (Lipinski definition) is 1. The molecule has 72 valence electrons. The number of fused-ring (bicyclic) bond motifs is 1. The molecule has 0 spiro atoms. The fourth-order valence-corrected chi connectivity index (χ4v) is 3.62. The molecule has 0 amide bonds. The molecule has 1 aromatic rings. The lowest BCUT2D eigenvalue weighted by Crippen LogP contribution is -2.18. The van der Waals surface area contributed by atoms with Crippen molar-refractivity contribution in [3.63, 3.8) is 0 Å². The first kappa shape index (κ1) is 9.22. The van der Waals surface area contributed by atoms with Gasteiger partial charge >= 0.3 is 0 Å². The molecular weight excluding hydrogens is 178 g/mol. The minimum Gasteiger partial charge on any atom is -0.312 e. The molecule has 2 unspecified atom stereocenters. The van der Waals surface area contributed by atoms with Crippen molar-refractivity contribution in [3.8, 4) is 0 Å². The minimum atomic E-state index is 0.611. The van der Waals surface area contributed by atoms with Crippen molar-refractivity contribution in [1.82, 2.24) is 5.32 Å². The summed E-state index contributed by atoms with van der Waals surface area (Å²) < 4.78 is 0. The Labute approximate surface area is 84.2 Å². The summed E-state index contributed by atoms with van der Waals surface area (Å²) in [7, 11) is 2.07. The molecule has 1 nitrogen and oxygen atoms in total. The Kier molecular flexibility index (Phi) is 2.43. The molecule has 1 aliphatic rings. The lowest BCUT2D eigenvalue weighted by Gasteiger charge is -2.14. The zero-order chi connectivity index (χ0) is 9.42. The van der Waals surface area contributed by atoms with Crippen LogP contribution in [0.1, 0.15) is 35.2 Å². The fourth-order valence-electron chi connectivity index (χ4n) is 2.24. The molecule has 1 N–H and O–H groups in total. The van der Waals surface area contributed by atoms with E-state index in [1.807, 2.05) is 11.3 Å². The molecule has 0 saturated heterocycles. The molecule has 0 fully saturated rings. The van der Waals surface area contributed by atoms with Gasteiger partial charge in [-0.1, -0.05) is 13.8 Å². The van der Waals surface area contributed by atoms with Gasteiger partial charge in [-0.05, 0) is 37.4 Å². The van der Waals surface area contributed by atoms with Crippen molar-refractivity contribution in [2.45, 2.75) is 32.7 Å². The monoisotopic (exact) mass is 195 g/mol. The van der Waals surface area contributed by atoms with Crippen LogP contribution < -0.4 is 5.32 Å². The predicted octanol–water partition coefficient (Wildman–Crippen LogP) is 2.76. The predicted molar refractivity (Wildman–Crippen MR) is 58.4 cm³/mol. The van der Waals surface area contributed by atoms with Crippen LogP contribution in [0.15, 0.2) is 6.07 Å². The molecule has 1 heterocycles. The molecule has 0 saturated carbocycles. The van der Waals surface area contributed by atoms with Gasteiger partial charge in [-0.3, -0.25) is 0 Å². The summed E-state index contributed by atoms with van der Waals surface area (Å²) in [5.74, 6) is 0.775. The zero-order valence-corrected chi connectivity index (χ0v) is 9.37. The van der Waals surface area contributed by atoms with Crippen molar-refractivity contribution in [1.29, 1.82) is 0 Å². The molecule has 0 aliphatic heterocycles. The van der Waals surface area contributed by atoms with E-state index in [1.54, 1.807) is 10.4 Å². The fraction of sp³-hybridized carbons (Fsp3) is 0.636. The number of thiophene rings is 1. The van der Waals surface area contributed by atoms with Crippen molar-refractivity contribution in [2.75, 3.05) is 7.05 Å². The van der Waals surface area contributed by atoms with Gasteiger partial charge in [-0.2, -0.15) is 0 Å². The van der Waals surface area contributed by atoms with Gasteiger partial charge in [0.05, 0.1) is 0 Å². The van der Waals surface area contributed by atoms with Crippen LogP contribution in [0.25, 0.3) is 0 Å². The first-order chi connectivity index (χ1) is 6.26. The van der Waals surface area contributed by atoms with E-state index in [0.29, 0.717) is 6.04 Å². The van der Waals surface area contributed by atoms with Crippen molar-refractivity contribution >= 4 is 11.3 Å². The Morgan fingerprint density at radius 3 is 3.00 bits per heavy atom. The zero-order valence-electron chi connectivity index (χ0n) is 8.55. The molecule has 0 bridgehead atoms.